The molecule has 0 spiro atoms. The lowest BCUT2D eigenvalue weighted by atomic mass is 9.89. The fourth-order valence-corrected chi connectivity index (χ4v) is 4.09. The Morgan fingerprint density at radius 1 is 1.35 bits per heavy atom. The van der Waals surface area contributed by atoms with Gasteiger partial charge < -0.3 is 10.6 Å². The van der Waals surface area contributed by atoms with E-state index in [1.807, 2.05) is 20.0 Å². The van der Waals surface area contributed by atoms with Crippen LogP contribution in [0.25, 0.3) is 0 Å². The van der Waals surface area contributed by atoms with E-state index in [-0.39, 0.29) is 0 Å². The molecule has 112 valence electrons. The lowest BCUT2D eigenvalue weighted by Gasteiger charge is -2.40. The SMILES string of the molecule is Cc1cccc(S(=O)(=O)NC2(CN)CCN(C)CC2)c1. The number of benzene rings is 1. The third-order valence-electron chi connectivity index (χ3n) is 3.99. The van der Waals surface area contributed by atoms with Crippen LogP contribution in [0.5, 0.6) is 0 Å². The Hall–Kier alpha value is -0.950. The van der Waals surface area contributed by atoms with Crippen molar-refractivity contribution in [2.45, 2.75) is 30.2 Å². The highest BCUT2D eigenvalue weighted by Crippen LogP contribution is 2.23. The van der Waals surface area contributed by atoms with Crippen molar-refractivity contribution in [1.82, 2.24) is 9.62 Å². The largest absolute Gasteiger partial charge is 0.329 e. The van der Waals surface area contributed by atoms with Crippen LogP contribution >= 0.6 is 0 Å². The molecule has 0 amide bonds. The zero-order valence-corrected chi connectivity index (χ0v) is 12.9. The summed E-state index contributed by atoms with van der Waals surface area (Å²) in [7, 11) is -1.48. The van der Waals surface area contributed by atoms with Gasteiger partial charge in [-0.15, -0.1) is 0 Å². The molecule has 1 aromatic carbocycles. The molecular weight excluding hydrogens is 274 g/mol. The quantitative estimate of drug-likeness (QED) is 0.857. The summed E-state index contributed by atoms with van der Waals surface area (Å²) in [4.78, 5) is 2.50. The predicted octanol–water partition coefficient (Wildman–Crippen LogP) is 0.696. The van der Waals surface area contributed by atoms with Crippen molar-refractivity contribution in [2.75, 3.05) is 26.7 Å². The van der Waals surface area contributed by atoms with Crippen LogP contribution in [0.4, 0.5) is 0 Å². The normalized spacial score (nSPS) is 19.9. The second-order valence-electron chi connectivity index (χ2n) is 5.71. The van der Waals surface area contributed by atoms with E-state index in [0.717, 1.165) is 31.5 Å². The van der Waals surface area contributed by atoms with E-state index in [0.29, 0.717) is 11.4 Å². The van der Waals surface area contributed by atoms with Gasteiger partial charge in [0.05, 0.1) is 4.90 Å². The second kappa shape index (κ2) is 5.81. The molecule has 6 heteroatoms. The zero-order valence-electron chi connectivity index (χ0n) is 12.1. The molecule has 0 atom stereocenters. The molecule has 0 saturated carbocycles. The van der Waals surface area contributed by atoms with Crippen LogP contribution in [0.1, 0.15) is 18.4 Å². The van der Waals surface area contributed by atoms with E-state index in [1.165, 1.54) is 0 Å². The first-order chi connectivity index (χ1) is 9.37. The monoisotopic (exact) mass is 297 g/mol. The smallest absolute Gasteiger partial charge is 0.241 e. The van der Waals surface area contributed by atoms with Gasteiger partial charge in [-0.1, -0.05) is 12.1 Å². The number of nitrogens with one attached hydrogen (secondary N) is 1. The zero-order chi connectivity index (χ0) is 14.8. The number of nitrogens with two attached hydrogens (primary N) is 1. The summed E-state index contributed by atoms with van der Waals surface area (Å²) in [5, 5.41) is 0. The fourth-order valence-electron chi connectivity index (χ4n) is 2.52. The first-order valence-corrected chi connectivity index (χ1v) is 8.34. The van der Waals surface area contributed by atoms with Gasteiger partial charge in [-0.3, -0.25) is 0 Å². The lowest BCUT2D eigenvalue weighted by molar-refractivity contribution is 0.182. The Labute approximate surface area is 121 Å². The van der Waals surface area contributed by atoms with Gasteiger partial charge in [-0.2, -0.15) is 0 Å². The number of sulfonamides is 1. The molecule has 1 aliphatic heterocycles. The molecule has 0 unspecified atom stereocenters. The van der Waals surface area contributed by atoms with Gasteiger partial charge >= 0.3 is 0 Å². The number of nitrogens with zero attached hydrogens (tertiary/aromatic N) is 1. The Morgan fingerprint density at radius 2 is 2.00 bits per heavy atom. The third-order valence-corrected chi connectivity index (χ3v) is 5.56. The summed E-state index contributed by atoms with van der Waals surface area (Å²) in [5.41, 5.74) is 6.26. The van der Waals surface area contributed by atoms with Gasteiger partial charge in [0.2, 0.25) is 10.0 Å². The number of likely N-dealkylation sites (tertiary alicyclic amines) is 1. The molecule has 3 N–H and O–H groups in total. The van der Waals surface area contributed by atoms with Crippen molar-refractivity contribution < 1.29 is 8.42 Å². The minimum Gasteiger partial charge on any atom is -0.329 e. The summed E-state index contributed by atoms with van der Waals surface area (Å²) in [6.45, 7) is 3.92. The maximum atomic E-state index is 12.5. The van der Waals surface area contributed by atoms with E-state index in [1.54, 1.807) is 18.2 Å². The van der Waals surface area contributed by atoms with Gasteiger partial charge in [-0.05, 0) is 57.6 Å². The molecule has 1 aromatic rings. The Morgan fingerprint density at radius 3 is 2.55 bits per heavy atom. The minimum absolute atomic E-state index is 0.309. The third kappa shape index (κ3) is 3.38. The first-order valence-electron chi connectivity index (χ1n) is 6.86. The summed E-state index contributed by atoms with van der Waals surface area (Å²) in [6.07, 6.45) is 1.48. The average Bonchev–Trinajstić information content (AvgIpc) is 2.41. The minimum atomic E-state index is -3.52. The standard InChI is InChI=1S/C14H23N3O2S/c1-12-4-3-5-13(10-12)20(18,19)16-14(11-15)6-8-17(2)9-7-14/h3-5,10,16H,6-9,11,15H2,1-2H3. The molecule has 20 heavy (non-hydrogen) atoms. The topological polar surface area (TPSA) is 75.4 Å². The molecule has 2 rings (SSSR count). The average molecular weight is 297 g/mol. The van der Waals surface area contributed by atoms with Gasteiger partial charge in [-0.25, -0.2) is 13.1 Å². The van der Waals surface area contributed by atoms with Crippen molar-refractivity contribution in [3.05, 3.63) is 29.8 Å². The summed E-state index contributed by atoms with van der Waals surface area (Å²) >= 11 is 0. The summed E-state index contributed by atoms with van der Waals surface area (Å²) in [6, 6.07) is 6.94. The Bertz CT molecular complexity index is 564. The van der Waals surface area contributed by atoms with E-state index in [9.17, 15) is 8.42 Å². The van der Waals surface area contributed by atoms with Crippen LogP contribution in [0.2, 0.25) is 0 Å². The number of aryl methyl sites for hydroxylation is 1. The van der Waals surface area contributed by atoms with Crippen LogP contribution in [0.3, 0.4) is 0 Å². The highest BCUT2D eigenvalue weighted by molar-refractivity contribution is 7.89. The fraction of sp³-hybridized carbons (Fsp3) is 0.571. The molecule has 0 radical (unpaired) electrons. The van der Waals surface area contributed by atoms with Gasteiger partial charge in [0.15, 0.2) is 0 Å². The van der Waals surface area contributed by atoms with Crippen LogP contribution < -0.4 is 10.5 Å². The van der Waals surface area contributed by atoms with E-state index in [2.05, 4.69) is 9.62 Å². The maximum Gasteiger partial charge on any atom is 0.241 e. The molecule has 1 saturated heterocycles. The highest BCUT2D eigenvalue weighted by Gasteiger charge is 2.36. The van der Waals surface area contributed by atoms with Crippen LogP contribution in [0, 0.1) is 6.92 Å². The number of hydrogen-bond donors (Lipinski definition) is 2. The van der Waals surface area contributed by atoms with Gasteiger partial charge in [0.25, 0.3) is 0 Å². The second-order valence-corrected chi connectivity index (χ2v) is 7.39. The van der Waals surface area contributed by atoms with Gasteiger partial charge in [0.1, 0.15) is 0 Å². The van der Waals surface area contributed by atoms with Gasteiger partial charge in [0, 0.05) is 12.1 Å². The molecule has 1 heterocycles. The Balaban J connectivity index is 2.22. The predicted molar refractivity (Wildman–Crippen MR) is 80.0 cm³/mol. The molecule has 5 nitrogen and oxygen atoms in total. The molecule has 1 fully saturated rings. The number of piperidine rings is 1. The maximum absolute atomic E-state index is 12.5. The van der Waals surface area contributed by atoms with Crippen LogP contribution in [0.15, 0.2) is 29.2 Å². The van der Waals surface area contributed by atoms with Crippen LogP contribution in [-0.2, 0) is 10.0 Å². The van der Waals surface area contributed by atoms with E-state index in [4.69, 9.17) is 5.73 Å². The molecule has 0 bridgehead atoms. The molecule has 1 aliphatic rings. The first kappa shape index (κ1) is 15.4. The molecular formula is C14H23N3O2S. The van der Waals surface area contributed by atoms with Crippen molar-refractivity contribution in [1.29, 1.82) is 0 Å². The van der Waals surface area contributed by atoms with Crippen molar-refractivity contribution >= 4 is 10.0 Å². The molecule has 0 aliphatic carbocycles. The van der Waals surface area contributed by atoms with Crippen molar-refractivity contribution in [3.8, 4) is 0 Å². The number of hydrogen-bond acceptors (Lipinski definition) is 4. The highest BCUT2D eigenvalue weighted by atomic mass is 32.2. The van der Waals surface area contributed by atoms with E-state index >= 15 is 0 Å². The summed E-state index contributed by atoms with van der Waals surface area (Å²) in [5.74, 6) is 0. The summed E-state index contributed by atoms with van der Waals surface area (Å²) < 4.78 is 27.9. The number of rotatable bonds is 4. The van der Waals surface area contributed by atoms with E-state index < -0.39 is 15.6 Å². The Kier molecular flexibility index (Phi) is 4.49. The lowest BCUT2D eigenvalue weighted by Crippen LogP contribution is -2.58. The van der Waals surface area contributed by atoms with Crippen molar-refractivity contribution in [3.63, 3.8) is 0 Å². The van der Waals surface area contributed by atoms with Crippen molar-refractivity contribution in [2.24, 2.45) is 5.73 Å². The molecule has 0 aromatic heterocycles. The van der Waals surface area contributed by atoms with Crippen LogP contribution in [-0.4, -0.2) is 45.5 Å².